The standard InChI is InChI=1S/C20H17N3O3/c1-13-4-9-19(24-13)25-16-7-5-14(6-8-16)11-15-12-18(26-23-15)17-3-2-10-22-20(17)21/h2-10,12H,11H2,1H3,(H2,21,22). The lowest BCUT2D eigenvalue weighted by molar-refractivity contribution is 0.338. The molecule has 3 aromatic heterocycles. The summed E-state index contributed by atoms with van der Waals surface area (Å²) in [6, 6.07) is 17.0. The summed E-state index contributed by atoms with van der Waals surface area (Å²) < 4.78 is 16.5. The third-order valence-corrected chi connectivity index (χ3v) is 3.91. The average Bonchev–Trinajstić information content (AvgIpc) is 3.26. The highest BCUT2D eigenvalue weighted by Gasteiger charge is 2.11. The summed E-state index contributed by atoms with van der Waals surface area (Å²) in [4.78, 5) is 4.06. The molecule has 130 valence electrons. The number of furan rings is 1. The number of ether oxygens (including phenoxy) is 1. The highest BCUT2D eigenvalue weighted by Crippen LogP contribution is 2.26. The van der Waals surface area contributed by atoms with E-state index < -0.39 is 0 Å². The monoisotopic (exact) mass is 347 g/mol. The Morgan fingerprint density at radius 1 is 1.08 bits per heavy atom. The minimum absolute atomic E-state index is 0.421. The van der Waals surface area contributed by atoms with E-state index in [1.54, 1.807) is 12.3 Å². The molecule has 0 aliphatic rings. The second-order valence-electron chi connectivity index (χ2n) is 5.91. The van der Waals surface area contributed by atoms with Crippen LogP contribution in [-0.2, 0) is 6.42 Å². The number of rotatable bonds is 5. The summed E-state index contributed by atoms with van der Waals surface area (Å²) in [6.45, 7) is 1.88. The van der Waals surface area contributed by atoms with Gasteiger partial charge in [-0.15, -0.1) is 0 Å². The Kier molecular flexibility index (Phi) is 4.15. The van der Waals surface area contributed by atoms with E-state index in [0.29, 0.717) is 29.7 Å². The smallest absolute Gasteiger partial charge is 0.290 e. The van der Waals surface area contributed by atoms with Crippen molar-refractivity contribution >= 4 is 5.82 Å². The molecule has 0 radical (unpaired) electrons. The highest BCUT2D eigenvalue weighted by molar-refractivity contribution is 5.69. The van der Waals surface area contributed by atoms with E-state index in [1.165, 1.54) is 0 Å². The lowest BCUT2D eigenvalue weighted by Crippen LogP contribution is -1.92. The Morgan fingerprint density at radius 2 is 1.92 bits per heavy atom. The number of hydrogen-bond acceptors (Lipinski definition) is 6. The van der Waals surface area contributed by atoms with Crippen molar-refractivity contribution < 1.29 is 13.7 Å². The van der Waals surface area contributed by atoms with Crippen LogP contribution in [0, 0.1) is 6.92 Å². The van der Waals surface area contributed by atoms with Gasteiger partial charge < -0.3 is 19.4 Å². The second kappa shape index (κ2) is 6.76. The zero-order valence-corrected chi connectivity index (χ0v) is 14.2. The van der Waals surface area contributed by atoms with Crippen LogP contribution in [0.3, 0.4) is 0 Å². The van der Waals surface area contributed by atoms with Crippen LogP contribution < -0.4 is 10.5 Å². The van der Waals surface area contributed by atoms with Gasteiger partial charge in [-0.25, -0.2) is 4.98 Å². The molecule has 0 atom stereocenters. The lowest BCUT2D eigenvalue weighted by Gasteiger charge is -2.03. The SMILES string of the molecule is Cc1ccc(Oc2ccc(Cc3cc(-c4cccnc4N)on3)cc2)o1. The van der Waals surface area contributed by atoms with Gasteiger partial charge in [0.05, 0.1) is 11.3 Å². The van der Waals surface area contributed by atoms with Crippen LogP contribution >= 0.6 is 0 Å². The molecule has 0 saturated carbocycles. The molecule has 0 aliphatic carbocycles. The van der Waals surface area contributed by atoms with E-state index in [9.17, 15) is 0 Å². The zero-order valence-electron chi connectivity index (χ0n) is 14.2. The Balaban J connectivity index is 1.45. The van der Waals surface area contributed by atoms with Crippen molar-refractivity contribution in [3.8, 4) is 23.0 Å². The van der Waals surface area contributed by atoms with Crippen molar-refractivity contribution in [2.75, 3.05) is 5.73 Å². The maximum absolute atomic E-state index is 5.88. The first kappa shape index (κ1) is 16.0. The van der Waals surface area contributed by atoms with Gasteiger partial charge in [0.15, 0.2) is 5.76 Å². The Hall–Kier alpha value is -3.54. The normalized spacial score (nSPS) is 10.8. The molecule has 0 aliphatic heterocycles. The minimum Gasteiger partial charge on any atom is -0.431 e. The van der Waals surface area contributed by atoms with Crippen LogP contribution in [0.4, 0.5) is 5.82 Å². The van der Waals surface area contributed by atoms with Crippen molar-refractivity contribution in [1.82, 2.24) is 10.1 Å². The number of pyridine rings is 1. The summed E-state index contributed by atoms with van der Waals surface area (Å²) in [5.74, 6) is 3.04. The van der Waals surface area contributed by atoms with Crippen molar-refractivity contribution in [3.63, 3.8) is 0 Å². The molecule has 0 amide bonds. The van der Waals surface area contributed by atoms with E-state index in [2.05, 4.69) is 10.1 Å². The summed E-state index contributed by atoms with van der Waals surface area (Å²) >= 11 is 0. The van der Waals surface area contributed by atoms with Crippen LogP contribution in [0.2, 0.25) is 0 Å². The summed E-state index contributed by atoms with van der Waals surface area (Å²) in [7, 11) is 0. The first-order chi connectivity index (χ1) is 12.7. The maximum atomic E-state index is 5.88. The minimum atomic E-state index is 0.421. The molecule has 2 N–H and O–H groups in total. The fourth-order valence-corrected chi connectivity index (χ4v) is 2.62. The van der Waals surface area contributed by atoms with Crippen molar-refractivity contribution in [2.24, 2.45) is 0 Å². The number of aromatic nitrogens is 2. The third kappa shape index (κ3) is 3.44. The average molecular weight is 347 g/mol. The first-order valence-corrected chi connectivity index (χ1v) is 8.17. The van der Waals surface area contributed by atoms with Gasteiger partial charge in [0.1, 0.15) is 17.3 Å². The predicted octanol–water partition coefficient (Wildman–Crippen LogP) is 4.60. The van der Waals surface area contributed by atoms with Crippen LogP contribution in [-0.4, -0.2) is 10.1 Å². The number of benzene rings is 1. The molecule has 26 heavy (non-hydrogen) atoms. The number of nitrogens with zero attached hydrogens (tertiary/aromatic N) is 2. The maximum Gasteiger partial charge on any atom is 0.290 e. The van der Waals surface area contributed by atoms with E-state index in [-0.39, 0.29) is 0 Å². The molecular formula is C20H17N3O3. The van der Waals surface area contributed by atoms with Crippen molar-refractivity contribution in [1.29, 1.82) is 0 Å². The predicted molar refractivity (Wildman–Crippen MR) is 96.9 cm³/mol. The van der Waals surface area contributed by atoms with Crippen LogP contribution in [0.15, 0.2) is 69.7 Å². The van der Waals surface area contributed by atoms with E-state index in [0.717, 1.165) is 22.6 Å². The first-order valence-electron chi connectivity index (χ1n) is 8.17. The molecule has 4 aromatic rings. The lowest BCUT2D eigenvalue weighted by atomic mass is 10.1. The van der Waals surface area contributed by atoms with Gasteiger partial charge in [-0.05, 0) is 42.8 Å². The summed E-state index contributed by atoms with van der Waals surface area (Å²) in [6.07, 6.45) is 2.29. The van der Waals surface area contributed by atoms with E-state index in [1.807, 2.05) is 55.5 Å². The Bertz CT molecular complexity index is 1020. The van der Waals surface area contributed by atoms with E-state index >= 15 is 0 Å². The molecule has 6 heteroatoms. The molecular weight excluding hydrogens is 330 g/mol. The zero-order chi connectivity index (χ0) is 17.9. The second-order valence-corrected chi connectivity index (χ2v) is 5.91. The number of hydrogen-bond donors (Lipinski definition) is 1. The molecule has 0 bridgehead atoms. The number of nitrogens with two attached hydrogens (primary N) is 1. The largest absolute Gasteiger partial charge is 0.431 e. The fourth-order valence-electron chi connectivity index (χ4n) is 2.62. The van der Waals surface area contributed by atoms with Crippen molar-refractivity contribution in [2.45, 2.75) is 13.3 Å². The van der Waals surface area contributed by atoms with E-state index in [4.69, 9.17) is 19.4 Å². The van der Waals surface area contributed by atoms with Gasteiger partial charge in [-0.3, -0.25) is 0 Å². The van der Waals surface area contributed by atoms with Crippen LogP contribution in [0.1, 0.15) is 17.0 Å². The molecule has 1 aromatic carbocycles. The molecule has 3 heterocycles. The number of aryl methyl sites for hydroxylation is 1. The van der Waals surface area contributed by atoms with Gasteiger partial charge in [0, 0.05) is 24.8 Å². The molecule has 4 rings (SSSR count). The fraction of sp³-hybridized carbons (Fsp3) is 0.100. The summed E-state index contributed by atoms with van der Waals surface area (Å²) in [5, 5.41) is 4.12. The topological polar surface area (TPSA) is 87.3 Å². The van der Waals surface area contributed by atoms with Gasteiger partial charge in [0.2, 0.25) is 0 Å². The number of anilines is 1. The van der Waals surface area contributed by atoms with Crippen molar-refractivity contribution in [3.05, 3.63) is 77.8 Å². The number of nitrogen functional groups attached to an aromatic ring is 1. The molecule has 0 spiro atoms. The Morgan fingerprint density at radius 3 is 2.65 bits per heavy atom. The molecule has 0 saturated heterocycles. The molecule has 0 fully saturated rings. The van der Waals surface area contributed by atoms with Gasteiger partial charge in [0.25, 0.3) is 5.95 Å². The van der Waals surface area contributed by atoms with Gasteiger partial charge >= 0.3 is 0 Å². The quantitative estimate of drug-likeness (QED) is 0.567. The third-order valence-electron chi connectivity index (χ3n) is 3.91. The van der Waals surface area contributed by atoms with Gasteiger partial charge in [-0.1, -0.05) is 17.3 Å². The van der Waals surface area contributed by atoms with Crippen LogP contribution in [0.25, 0.3) is 11.3 Å². The van der Waals surface area contributed by atoms with Gasteiger partial charge in [-0.2, -0.15) is 0 Å². The molecule has 6 nitrogen and oxygen atoms in total. The summed E-state index contributed by atoms with van der Waals surface area (Å²) in [5.41, 5.74) is 8.52. The Labute approximate surface area is 150 Å². The highest BCUT2D eigenvalue weighted by atomic mass is 16.6. The van der Waals surface area contributed by atoms with Crippen LogP contribution in [0.5, 0.6) is 11.7 Å². The molecule has 0 unspecified atom stereocenters.